The van der Waals surface area contributed by atoms with Crippen molar-refractivity contribution in [1.29, 1.82) is 0 Å². The number of nitrogens with zero attached hydrogens (tertiary/aromatic N) is 2. The third-order valence-electron chi connectivity index (χ3n) is 4.66. The van der Waals surface area contributed by atoms with Gasteiger partial charge in [-0.1, -0.05) is 31.2 Å². The standard InChI is InChI=1S/C21H18N2O2/c1-4-16-20(23-19-13(3)12(2)9-10-17(19)22-16)15-11-14-7-5-6-8-18(14)25-21(15)24/h5-11H,4H2,1-3H3. The minimum Gasteiger partial charge on any atom is -0.422 e. The van der Waals surface area contributed by atoms with Crippen molar-refractivity contribution < 1.29 is 4.42 Å². The fourth-order valence-electron chi connectivity index (χ4n) is 3.08. The lowest BCUT2D eigenvalue weighted by molar-refractivity contribution is 0.563. The first-order valence-corrected chi connectivity index (χ1v) is 8.38. The molecule has 2 heterocycles. The molecule has 0 aliphatic carbocycles. The van der Waals surface area contributed by atoms with Crippen molar-refractivity contribution in [3.05, 3.63) is 69.7 Å². The lowest BCUT2D eigenvalue weighted by Crippen LogP contribution is -2.08. The van der Waals surface area contributed by atoms with Crippen LogP contribution in [0.1, 0.15) is 23.7 Å². The molecular formula is C21H18N2O2. The monoisotopic (exact) mass is 330 g/mol. The average molecular weight is 330 g/mol. The van der Waals surface area contributed by atoms with Gasteiger partial charge >= 0.3 is 5.63 Å². The summed E-state index contributed by atoms with van der Waals surface area (Å²) in [5.74, 6) is 0. The molecule has 0 aliphatic rings. The van der Waals surface area contributed by atoms with E-state index >= 15 is 0 Å². The molecule has 4 nitrogen and oxygen atoms in total. The Morgan fingerprint density at radius 2 is 1.84 bits per heavy atom. The topological polar surface area (TPSA) is 56.0 Å². The number of hydrogen-bond donors (Lipinski definition) is 0. The highest BCUT2D eigenvalue weighted by molar-refractivity contribution is 5.85. The van der Waals surface area contributed by atoms with Gasteiger partial charge in [0.2, 0.25) is 0 Å². The summed E-state index contributed by atoms with van der Waals surface area (Å²) in [4.78, 5) is 22.1. The number of benzene rings is 2. The largest absolute Gasteiger partial charge is 0.422 e. The average Bonchev–Trinajstić information content (AvgIpc) is 2.63. The van der Waals surface area contributed by atoms with E-state index in [0.29, 0.717) is 23.3 Å². The Morgan fingerprint density at radius 1 is 1.04 bits per heavy atom. The summed E-state index contributed by atoms with van der Waals surface area (Å²) in [5.41, 5.74) is 6.00. The van der Waals surface area contributed by atoms with E-state index in [-0.39, 0.29) is 5.63 Å². The van der Waals surface area contributed by atoms with Crippen LogP contribution in [0.3, 0.4) is 0 Å². The highest BCUT2D eigenvalue weighted by atomic mass is 16.4. The van der Waals surface area contributed by atoms with Gasteiger partial charge in [0, 0.05) is 5.39 Å². The second-order valence-corrected chi connectivity index (χ2v) is 6.23. The number of aryl methyl sites for hydroxylation is 3. The minimum atomic E-state index is -0.382. The minimum absolute atomic E-state index is 0.382. The molecule has 0 unspecified atom stereocenters. The summed E-state index contributed by atoms with van der Waals surface area (Å²) >= 11 is 0. The maximum Gasteiger partial charge on any atom is 0.345 e. The van der Waals surface area contributed by atoms with Gasteiger partial charge in [-0.25, -0.2) is 14.8 Å². The summed E-state index contributed by atoms with van der Waals surface area (Å²) in [7, 11) is 0. The number of fused-ring (bicyclic) bond motifs is 2. The van der Waals surface area contributed by atoms with E-state index in [1.165, 1.54) is 0 Å². The first kappa shape index (κ1) is 15.5. The highest BCUT2D eigenvalue weighted by Gasteiger charge is 2.16. The summed E-state index contributed by atoms with van der Waals surface area (Å²) in [6.45, 7) is 6.10. The lowest BCUT2D eigenvalue weighted by atomic mass is 10.0. The summed E-state index contributed by atoms with van der Waals surface area (Å²) in [5, 5.41) is 0.877. The molecule has 0 atom stereocenters. The summed E-state index contributed by atoms with van der Waals surface area (Å²) in [6.07, 6.45) is 0.692. The molecule has 124 valence electrons. The van der Waals surface area contributed by atoms with Crippen LogP contribution in [0.2, 0.25) is 0 Å². The van der Waals surface area contributed by atoms with Crippen LogP contribution in [-0.2, 0) is 6.42 Å². The summed E-state index contributed by atoms with van der Waals surface area (Å²) in [6, 6.07) is 13.4. The second kappa shape index (κ2) is 5.81. The van der Waals surface area contributed by atoms with Gasteiger partial charge in [0.1, 0.15) is 5.58 Å². The van der Waals surface area contributed by atoms with E-state index in [4.69, 9.17) is 14.4 Å². The van der Waals surface area contributed by atoms with Crippen LogP contribution in [0.15, 0.2) is 51.7 Å². The fraction of sp³-hybridized carbons (Fsp3) is 0.190. The van der Waals surface area contributed by atoms with Crippen molar-refractivity contribution in [3.63, 3.8) is 0 Å². The normalized spacial score (nSPS) is 11.3. The van der Waals surface area contributed by atoms with Gasteiger partial charge in [-0.05, 0) is 49.6 Å². The summed E-state index contributed by atoms with van der Waals surface area (Å²) < 4.78 is 5.49. The molecule has 0 spiro atoms. The molecule has 0 aliphatic heterocycles. The van der Waals surface area contributed by atoms with Gasteiger partial charge in [0.15, 0.2) is 0 Å². The van der Waals surface area contributed by atoms with Crippen LogP contribution < -0.4 is 5.63 Å². The molecule has 0 radical (unpaired) electrons. The zero-order valence-electron chi connectivity index (χ0n) is 14.5. The first-order chi connectivity index (χ1) is 12.1. The maximum absolute atomic E-state index is 12.6. The van der Waals surface area contributed by atoms with E-state index in [1.807, 2.05) is 51.1 Å². The number of rotatable bonds is 2. The molecule has 0 saturated heterocycles. The van der Waals surface area contributed by atoms with Gasteiger partial charge in [0.25, 0.3) is 0 Å². The number of aromatic nitrogens is 2. The van der Waals surface area contributed by atoms with E-state index in [1.54, 1.807) is 6.07 Å². The predicted octanol–water partition coefficient (Wildman–Crippen LogP) is 4.58. The predicted molar refractivity (Wildman–Crippen MR) is 99.9 cm³/mol. The van der Waals surface area contributed by atoms with Crippen LogP contribution in [0, 0.1) is 13.8 Å². The molecule has 0 amide bonds. The molecule has 0 bridgehead atoms. The Kier molecular flexibility index (Phi) is 3.61. The third-order valence-corrected chi connectivity index (χ3v) is 4.66. The zero-order valence-corrected chi connectivity index (χ0v) is 14.5. The number of hydrogen-bond acceptors (Lipinski definition) is 4. The molecule has 0 N–H and O–H groups in total. The third kappa shape index (κ3) is 2.50. The highest BCUT2D eigenvalue weighted by Crippen LogP contribution is 2.26. The van der Waals surface area contributed by atoms with Gasteiger partial charge in [0.05, 0.1) is 28.0 Å². The van der Waals surface area contributed by atoms with Crippen molar-refractivity contribution in [2.75, 3.05) is 0 Å². The Hall–Kier alpha value is -3.01. The molecule has 25 heavy (non-hydrogen) atoms. The second-order valence-electron chi connectivity index (χ2n) is 6.23. The zero-order chi connectivity index (χ0) is 17.6. The molecule has 0 saturated carbocycles. The van der Waals surface area contributed by atoms with Crippen LogP contribution in [0.5, 0.6) is 0 Å². The molecule has 2 aromatic carbocycles. The van der Waals surface area contributed by atoms with E-state index in [0.717, 1.165) is 33.2 Å². The van der Waals surface area contributed by atoms with Crippen molar-refractivity contribution in [1.82, 2.24) is 9.97 Å². The Bertz CT molecular complexity index is 1180. The fourth-order valence-corrected chi connectivity index (χ4v) is 3.08. The molecule has 4 rings (SSSR count). The molecular weight excluding hydrogens is 312 g/mol. The van der Waals surface area contributed by atoms with Gasteiger partial charge in [-0.3, -0.25) is 0 Å². The molecule has 2 aromatic heterocycles. The van der Waals surface area contributed by atoms with Crippen LogP contribution >= 0.6 is 0 Å². The van der Waals surface area contributed by atoms with Crippen molar-refractivity contribution in [2.24, 2.45) is 0 Å². The smallest absolute Gasteiger partial charge is 0.345 e. The maximum atomic E-state index is 12.6. The SMILES string of the molecule is CCc1nc2ccc(C)c(C)c2nc1-c1cc2ccccc2oc1=O. The van der Waals surface area contributed by atoms with Crippen LogP contribution in [-0.4, -0.2) is 9.97 Å². The van der Waals surface area contributed by atoms with E-state index < -0.39 is 0 Å². The molecule has 4 heteroatoms. The number of para-hydroxylation sites is 1. The van der Waals surface area contributed by atoms with Crippen LogP contribution in [0.25, 0.3) is 33.3 Å². The molecule has 4 aromatic rings. The first-order valence-electron chi connectivity index (χ1n) is 8.38. The van der Waals surface area contributed by atoms with Gasteiger partial charge < -0.3 is 4.42 Å². The van der Waals surface area contributed by atoms with Crippen molar-refractivity contribution in [3.8, 4) is 11.3 Å². The van der Waals surface area contributed by atoms with Crippen molar-refractivity contribution >= 4 is 22.0 Å². The Labute approximate surface area is 145 Å². The van der Waals surface area contributed by atoms with E-state index in [2.05, 4.69) is 6.07 Å². The lowest BCUT2D eigenvalue weighted by Gasteiger charge is -2.11. The quantitative estimate of drug-likeness (QED) is 0.505. The van der Waals surface area contributed by atoms with Crippen LogP contribution in [0.4, 0.5) is 0 Å². The van der Waals surface area contributed by atoms with Crippen molar-refractivity contribution in [2.45, 2.75) is 27.2 Å². The Balaban J connectivity index is 2.07. The van der Waals surface area contributed by atoms with Gasteiger partial charge in [-0.2, -0.15) is 0 Å². The van der Waals surface area contributed by atoms with E-state index in [9.17, 15) is 4.79 Å². The van der Waals surface area contributed by atoms with Gasteiger partial charge in [-0.15, -0.1) is 0 Å². The molecule has 0 fully saturated rings. The Morgan fingerprint density at radius 3 is 2.64 bits per heavy atom.